The standard InChI is InChI=1S/C12H15FN2O3/c1-3-10(12(14)16)18-11-6-8(13)4-5-9(11)7(2)15-17/h4-6,10,17H,3H2,1-2H3,(H2,14,16). The number of amides is 1. The molecule has 1 rings (SSSR count). The molecule has 18 heavy (non-hydrogen) atoms. The summed E-state index contributed by atoms with van der Waals surface area (Å²) in [5, 5.41) is 11.8. The maximum absolute atomic E-state index is 13.2. The first-order valence-corrected chi connectivity index (χ1v) is 5.44. The second kappa shape index (κ2) is 6.00. The van der Waals surface area contributed by atoms with Gasteiger partial charge in [-0.1, -0.05) is 12.1 Å². The number of primary amides is 1. The SMILES string of the molecule is CCC(Oc1cc(F)ccc1C(C)=NO)C(N)=O. The van der Waals surface area contributed by atoms with E-state index in [1.807, 2.05) is 0 Å². The number of carbonyl (C=O) groups excluding carboxylic acids is 1. The zero-order valence-electron chi connectivity index (χ0n) is 10.2. The van der Waals surface area contributed by atoms with Crippen LogP contribution >= 0.6 is 0 Å². The molecule has 0 saturated carbocycles. The maximum atomic E-state index is 13.2. The van der Waals surface area contributed by atoms with Gasteiger partial charge in [-0.3, -0.25) is 4.79 Å². The third-order valence-corrected chi connectivity index (χ3v) is 2.44. The summed E-state index contributed by atoms with van der Waals surface area (Å²) in [5.41, 5.74) is 5.81. The molecule has 0 bridgehead atoms. The summed E-state index contributed by atoms with van der Waals surface area (Å²) < 4.78 is 18.5. The molecule has 0 saturated heterocycles. The molecule has 0 aliphatic heterocycles. The van der Waals surface area contributed by atoms with E-state index in [1.165, 1.54) is 19.1 Å². The molecule has 0 aliphatic rings. The van der Waals surface area contributed by atoms with E-state index in [9.17, 15) is 9.18 Å². The average Bonchev–Trinajstić information content (AvgIpc) is 2.34. The van der Waals surface area contributed by atoms with Gasteiger partial charge >= 0.3 is 0 Å². The molecule has 1 unspecified atom stereocenters. The van der Waals surface area contributed by atoms with Crippen LogP contribution in [0, 0.1) is 5.82 Å². The van der Waals surface area contributed by atoms with Crippen molar-refractivity contribution in [3.05, 3.63) is 29.6 Å². The first kappa shape index (κ1) is 14.0. The summed E-state index contributed by atoms with van der Waals surface area (Å²) in [7, 11) is 0. The number of carbonyl (C=O) groups is 1. The lowest BCUT2D eigenvalue weighted by molar-refractivity contribution is -0.124. The van der Waals surface area contributed by atoms with Crippen molar-refractivity contribution in [2.24, 2.45) is 10.9 Å². The molecule has 6 heteroatoms. The van der Waals surface area contributed by atoms with E-state index >= 15 is 0 Å². The zero-order valence-corrected chi connectivity index (χ0v) is 10.2. The molecule has 0 aromatic heterocycles. The number of oxime groups is 1. The number of nitrogens with zero attached hydrogens (tertiary/aromatic N) is 1. The van der Waals surface area contributed by atoms with Gasteiger partial charge in [-0.15, -0.1) is 0 Å². The second-order valence-electron chi connectivity index (χ2n) is 3.74. The Kier molecular flexibility index (Phi) is 4.65. The normalized spacial score (nSPS) is 13.2. The fourth-order valence-electron chi connectivity index (χ4n) is 1.44. The van der Waals surface area contributed by atoms with E-state index in [0.29, 0.717) is 12.0 Å². The number of hydrogen-bond acceptors (Lipinski definition) is 4. The Morgan fingerprint density at radius 1 is 1.61 bits per heavy atom. The Labute approximate surface area is 104 Å². The van der Waals surface area contributed by atoms with E-state index in [1.54, 1.807) is 6.92 Å². The predicted octanol–water partition coefficient (Wildman–Crippen LogP) is 1.67. The van der Waals surface area contributed by atoms with Crippen LogP contribution < -0.4 is 10.5 Å². The van der Waals surface area contributed by atoms with Gasteiger partial charge in [0.05, 0.1) is 5.71 Å². The molecule has 5 nitrogen and oxygen atoms in total. The molecule has 98 valence electrons. The highest BCUT2D eigenvalue weighted by atomic mass is 19.1. The van der Waals surface area contributed by atoms with Gasteiger partial charge in [-0.25, -0.2) is 4.39 Å². The summed E-state index contributed by atoms with van der Waals surface area (Å²) in [6.07, 6.45) is -0.488. The van der Waals surface area contributed by atoms with Crippen molar-refractivity contribution in [3.8, 4) is 5.75 Å². The minimum Gasteiger partial charge on any atom is -0.480 e. The number of ether oxygens (including phenoxy) is 1. The van der Waals surface area contributed by atoms with Crippen molar-refractivity contribution >= 4 is 11.6 Å². The van der Waals surface area contributed by atoms with Crippen molar-refractivity contribution in [3.63, 3.8) is 0 Å². The highest BCUT2D eigenvalue weighted by Crippen LogP contribution is 2.22. The van der Waals surface area contributed by atoms with Crippen LogP contribution in [0.15, 0.2) is 23.4 Å². The van der Waals surface area contributed by atoms with Gasteiger partial charge in [-0.2, -0.15) is 0 Å². The van der Waals surface area contributed by atoms with Gasteiger partial charge in [0.1, 0.15) is 11.6 Å². The molecule has 1 aromatic rings. The van der Waals surface area contributed by atoms with Crippen LogP contribution in [0.2, 0.25) is 0 Å². The van der Waals surface area contributed by atoms with Gasteiger partial charge in [0, 0.05) is 11.6 Å². The van der Waals surface area contributed by atoms with E-state index in [0.717, 1.165) is 6.07 Å². The van der Waals surface area contributed by atoms with Crippen LogP contribution in [0.1, 0.15) is 25.8 Å². The van der Waals surface area contributed by atoms with Crippen LogP contribution in [0.25, 0.3) is 0 Å². The summed E-state index contributed by atoms with van der Waals surface area (Å²) in [4.78, 5) is 11.1. The highest BCUT2D eigenvalue weighted by molar-refractivity contribution is 6.00. The maximum Gasteiger partial charge on any atom is 0.258 e. The smallest absolute Gasteiger partial charge is 0.258 e. The van der Waals surface area contributed by atoms with Crippen molar-refractivity contribution in [1.82, 2.24) is 0 Å². The highest BCUT2D eigenvalue weighted by Gasteiger charge is 2.18. The van der Waals surface area contributed by atoms with Crippen molar-refractivity contribution in [2.45, 2.75) is 26.4 Å². The molecule has 3 N–H and O–H groups in total. The Hall–Kier alpha value is -2.11. The lowest BCUT2D eigenvalue weighted by Gasteiger charge is -2.16. The molecule has 1 amide bonds. The number of rotatable bonds is 5. The lowest BCUT2D eigenvalue weighted by atomic mass is 10.1. The fourth-order valence-corrected chi connectivity index (χ4v) is 1.44. The summed E-state index contributed by atoms with van der Waals surface area (Å²) in [5.74, 6) is -1.03. The molecular weight excluding hydrogens is 239 g/mol. The minimum absolute atomic E-state index is 0.121. The van der Waals surface area contributed by atoms with E-state index in [4.69, 9.17) is 15.7 Å². The summed E-state index contributed by atoms with van der Waals surface area (Å²) in [6, 6.07) is 3.74. The molecule has 0 radical (unpaired) electrons. The number of hydrogen-bond donors (Lipinski definition) is 2. The molecule has 0 aliphatic carbocycles. The van der Waals surface area contributed by atoms with Gasteiger partial charge in [0.2, 0.25) is 0 Å². The van der Waals surface area contributed by atoms with E-state index < -0.39 is 17.8 Å². The molecular formula is C12H15FN2O3. The van der Waals surface area contributed by atoms with Crippen molar-refractivity contribution in [1.29, 1.82) is 0 Å². The second-order valence-corrected chi connectivity index (χ2v) is 3.74. The Morgan fingerprint density at radius 2 is 2.28 bits per heavy atom. The predicted molar refractivity (Wildman–Crippen MR) is 64.3 cm³/mol. The van der Waals surface area contributed by atoms with Gasteiger partial charge in [0.25, 0.3) is 5.91 Å². The Balaban J connectivity index is 3.13. The van der Waals surface area contributed by atoms with Crippen LogP contribution in [-0.2, 0) is 4.79 Å². The lowest BCUT2D eigenvalue weighted by Crippen LogP contribution is -2.33. The van der Waals surface area contributed by atoms with Gasteiger partial charge in [-0.05, 0) is 25.5 Å². The number of nitrogens with two attached hydrogens (primary N) is 1. The minimum atomic E-state index is -0.850. The van der Waals surface area contributed by atoms with Gasteiger partial charge in [0.15, 0.2) is 6.10 Å². The summed E-state index contributed by atoms with van der Waals surface area (Å²) >= 11 is 0. The van der Waals surface area contributed by atoms with Crippen LogP contribution in [0.3, 0.4) is 0 Å². The average molecular weight is 254 g/mol. The van der Waals surface area contributed by atoms with Crippen LogP contribution in [0.4, 0.5) is 4.39 Å². The first-order chi connectivity index (χ1) is 8.49. The van der Waals surface area contributed by atoms with Crippen molar-refractivity contribution in [2.75, 3.05) is 0 Å². The fraction of sp³-hybridized carbons (Fsp3) is 0.333. The quantitative estimate of drug-likeness (QED) is 0.476. The molecule has 0 spiro atoms. The number of benzene rings is 1. The molecule has 0 heterocycles. The zero-order chi connectivity index (χ0) is 13.7. The topological polar surface area (TPSA) is 84.9 Å². The van der Waals surface area contributed by atoms with E-state index in [2.05, 4.69) is 5.16 Å². The van der Waals surface area contributed by atoms with Gasteiger partial charge < -0.3 is 15.7 Å². The van der Waals surface area contributed by atoms with Crippen molar-refractivity contribution < 1.29 is 19.1 Å². The summed E-state index contributed by atoms with van der Waals surface area (Å²) in [6.45, 7) is 3.26. The Bertz CT molecular complexity index is 474. The Morgan fingerprint density at radius 3 is 2.78 bits per heavy atom. The monoisotopic (exact) mass is 254 g/mol. The first-order valence-electron chi connectivity index (χ1n) is 5.44. The molecule has 1 atom stereocenters. The number of halogens is 1. The molecule has 0 fully saturated rings. The largest absolute Gasteiger partial charge is 0.480 e. The third-order valence-electron chi connectivity index (χ3n) is 2.44. The molecule has 1 aromatic carbocycles. The van der Waals surface area contributed by atoms with Crippen LogP contribution in [0.5, 0.6) is 5.75 Å². The van der Waals surface area contributed by atoms with Crippen LogP contribution in [-0.4, -0.2) is 22.9 Å². The van der Waals surface area contributed by atoms with E-state index in [-0.39, 0.29) is 11.5 Å². The third kappa shape index (κ3) is 3.19.